The van der Waals surface area contributed by atoms with Crippen molar-refractivity contribution < 1.29 is 18.7 Å². The Morgan fingerprint density at radius 3 is 2.24 bits per heavy atom. The molecule has 0 unspecified atom stereocenters. The maximum absolute atomic E-state index is 14.5. The van der Waals surface area contributed by atoms with Crippen LogP contribution in [0, 0.1) is 29.4 Å². The number of rotatable bonds is 6. The Morgan fingerprint density at radius 1 is 1.00 bits per heavy atom. The van der Waals surface area contributed by atoms with E-state index in [1.807, 2.05) is 6.92 Å². The number of aromatic nitrogens is 1. The topological polar surface area (TPSA) is 56.7 Å². The van der Waals surface area contributed by atoms with Crippen LogP contribution in [0.5, 0.6) is 0 Å². The third kappa shape index (κ3) is 5.38. The summed E-state index contributed by atoms with van der Waals surface area (Å²) >= 11 is 0. The standard InChI is InChI=1S/C30H39F2N3O2/c1-20-22(18-26(36)37)28(35-15-9-29(2,3)10-16-35)27(21-5-6-23(31)24(32)17-21)25(33-20)19-34-13-11-30(12-14-34)7-4-8-30/h5-6,17H,4,7-16,18-19H2,1-3H3,(H,36,37). The van der Waals surface area contributed by atoms with E-state index in [1.54, 1.807) is 6.07 Å². The highest BCUT2D eigenvalue weighted by Crippen LogP contribution is 2.49. The predicted molar refractivity (Wildman–Crippen MR) is 142 cm³/mol. The lowest BCUT2D eigenvalue weighted by Crippen LogP contribution is -2.43. The zero-order valence-electron chi connectivity index (χ0n) is 22.4. The number of likely N-dealkylation sites (tertiary alicyclic amines) is 1. The molecule has 1 aromatic carbocycles. The van der Waals surface area contributed by atoms with Gasteiger partial charge in [0.15, 0.2) is 11.6 Å². The summed E-state index contributed by atoms with van der Waals surface area (Å²) < 4.78 is 28.5. The summed E-state index contributed by atoms with van der Waals surface area (Å²) in [4.78, 5) is 21.6. The number of aryl methyl sites for hydroxylation is 1. The fourth-order valence-corrected chi connectivity index (χ4v) is 6.48. The first-order valence-corrected chi connectivity index (χ1v) is 13.7. The first-order valence-electron chi connectivity index (χ1n) is 13.7. The highest BCUT2D eigenvalue weighted by molar-refractivity contribution is 5.86. The molecule has 1 N–H and O–H groups in total. The third-order valence-electron chi connectivity index (χ3n) is 9.22. The summed E-state index contributed by atoms with van der Waals surface area (Å²) in [5.41, 5.74) is 5.08. The lowest BCUT2D eigenvalue weighted by atomic mass is 9.63. The van der Waals surface area contributed by atoms with E-state index in [0.29, 0.717) is 28.8 Å². The van der Waals surface area contributed by atoms with Crippen LogP contribution in [0.25, 0.3) is 11.1 Å². The van der Waals surface area contributed by atoms with Gasteiger partial charge < -0.3 is 10.0 Å². The molecule has 37 heavy (non-hydrogen) atoms. The van der Waals surface area contributed by atoms with Gasteiger partial charge in [-0.15, -0.1) is 0 Å². The van der Waals surface area contributed by atoms with Gasteiger partial charge in [0.1, 0.15) is 0 Å². The van der Waals surface area contributed by atoms with Crippen LogP contribution in [0.2, 0.25) is 0 Å². The Hall–Kier alpha value is -2.54. The maximum Gasteiger partial charge on any atom is 0.307 e. The van der Waals surface area contributed by atoms with Crippen LogP contribution < -0.4 is 4.90 Å². The van der Waals surface area contributed by atoms with Crippen LogP contribution in [0.1, 0.15) is 75.7 Å². The molecule has 3 fully saturated rings. The number of aliphatic carboxylic acids is 1. The third-order valence-corrected chi connectivity index (χ3v) is 9.22. The van der Waals surface area contributed by atoms with Gasteiger partial charge in [0.2, 0.25) is 0 Å². The molecule has 5 nitrogen and oxygen atoms in total. The monoisotopic (exact) mass is 511 g/mol. The number of carboxylic acids is 1. The van der Waals surface area contributed by atoms with Gasteiger partial charge >= 0.3 is 5.97 Å². The molecule has 1 aromatic heterocycles. The number of anilines is 1. The van der Waals surface area contributed by atoms with Crippen molar-refractivity contribution in [3.63, 3.8) is 0 Å². The molecule has 7 heteroatoms. The minimum Gasteiger partial charge on any atom is -0.481 e. The van der Waals surface area contributed by atoms with Gasteiger partial charge in [-0.25, -0.2) is 8.78 Å². The second-order valence-corrected chi connectivity index (χ2v) is 12.3. The zero-order chi connectivity index (χ0) is 26.4. The van der Waals surface area contributed by atoms with Crippen molar-refractivity contribution in [1.82, 2.24) is 9.88 Å². The van der Waals surface area contributed by atoms with E-state index in [-0.39, 0.29) is 11.8 Å². The van der Waals surface area contributed by atoms with Crippen molar-refractivity contribution in [2.24, 2.45) is 10.8 Å². The molecule has 2 saturated heterocycles. The molecule has 0 radical (unpaired) electrons. The van der Waals surface area contributed by atoms with Gasteiger partial charge in [0.05, 0.1) is 17.8 Å². The molecule has 0 amide bonds. The number of hydrogen-bond acceptors (Lipinski definition) is 4. The van der Waals surface area contributed by atoms with Crippen LogP contribution in [0.4, 0.5) is 14.5 Å². The normalized spacial score (nSPS) is 21.2. The SMILES string of the molecule is Cc1nc(CN2CCC3(CCC3)CC2)c(-c2ccc(F)c(F)c2)c(N2CCC(C)(C)CC2)c1CC(=O)O. The van der Waals surface area contributed by atoms with Gasteiger partial charge in [-0.05, 0) is 87.1 Å². The fourth-order valence-electron chi connectivity index (χ4n) is 6.48. The molecule has 3 heterocycles. The minimum absolute atomic E-state index is 0.156. The number of piperidine rings is 2. The smallest absolute Gasteiger partial charge is 0.307 e. The average Bonchev–Trinajstić information content (AvgIpc) is 2.82. The summed E-state index contributed by atoms with van der Waals surface area (Å²) in [5, 5.41) is 9.78. The second-order valence-electron chi connectivity index (χ2n) is 12.3. The van der Waals surface area contributed by atoms with Crippen LogP contribution in [0.15, 0.2) is 18.2 Å². The lowest BCUT2D eigenvalue weighted by Gasteiger charge is -2.48. The number of hydrogen-bond donors (Lipinski definition) is 1. The van der Waals surface area contributed by atoms with Crippen LogP contribution in [-0.2, 0) is 17.8 Å². The molecule has 2 aromatic rings. The van der Waals surface area contributed by atoms with E-state index in [0.717, 1.165) is 62.0 Å². The number of carbonyl (C=O) groups is 1. The first kappa shape index (κ1) is 26.1. The summed E-state index contributed by atoms with van der Waals surface area (Å²) in [6.07, 6.45) is 8.17. The van der Waals surface area contributed by atoms with Crippen LogP contribution in [-0.4, -0.2) is 47.1 Å². The quantitative estimate of drug-likeness (QED) is 0.489. The van der Waals surface area contributed by atoms with Crippen molar-refractivity contribution in [3.8, 4) is 11.1 Å². The van der Waals surface area contributed by atoms with Crippen molar-refractivity contribution in [2.75, 3.05) is 31.1 Å². The Kier molecular flexibility index (Phi) is 7.03. The van der Waals surface area contributed by atoms with E-state index in [2.05, 4.69) is 23.6 Å². The van der Waals surface area contributed by atoms with Gasteiger partial charge in [0, 0.05) is 36.5 Å². The van der Waals surface area contributed by atoms with Crippen LogP contribution in [0.3, 0.4) is 0 Å². The molecule has 2 aliphatic heterocycles. The fraction of sp³-hybridized carbons (Fsp3) is 0.600. The highest BCUT2D eigenvalue weighted by atomic mass is 19.2. The highest BCUT2D eigenvalue weighted by Gasteiger charge is 2.40. The molecular formula is C30H39F2N3O2. The number of halogens is 2. The Bertz CT molecular complexity index is 1170. The molecule has 200 valence electrons. The van der Waals surface area contributed by atoms with E-state index < -0.39 is 17.6 Å². The van der Waals surface area contributed by atoms with E-state index in [9.17, 15) is 18.7 Å². The summed E-state index contributed by atoms with van der Waals surface area (Å²) in [6.45, 7) is 10.6. The predicted octanol–water partition coefficient (Wildman–Crippen LogP) is 6.35. The number of pyridine rings is 1. The Morgan fingerprint density at radius 2 is 1.68 bits per heavy atom. The average molecular weight is 512 g/mol. The van der Waals surface area contributed by atoms with E-state index in [4.69, 9.17) is 4.98 Å². The van der Waals surface area contributed by atoms with E-state index in [1.165, 1.54) is 38.2 Å². The second kappa shape index (κ2) is 9.97. The van der Waals surface area contributed by atoms with Crippen molar-refractivity contribution >= 4 is 11.7 Å². The van der Waals surface area contributed by atoms with Gasteiger partial charge in [-0.2, -0.15) is 0 Å². The maximum atomic E-state index is 14.5. The molecule has 1 aliphatic carbocycles. The summed E-state index contributed by atoms with van der Waals surface area (Å²) in [5.74, 6) is -2.71. The van der Waals surface area contributed by atoms with Crippen molar-refractivity contribution in [1.29, 1.82) is 0 Å². The Balaban J connectivity index is 1.61. The number of nitrogens with zero attached hydrogens (tertiary/aromatic N) is 3. The summed E-state index contributed by atoms with van der Waals surface area (Å²) in [7, 11) is 0. The zero-order valence-corrected chi connectivity index (χ0v) is 22.4. The summed E-state index contributed by atoms with van der Waals surface area (Å²) in [6, 6.07) is 4.01. The Labute approximate surface area is 218 Å². The minimum atomic E-state index is -0.922. The molecular weight excluding hydrogens is 472 g/mol. The molecule has 1 saturated carbocycles. The molecule has 0 atom stereocenters. The number of carboxylic acid groups (broad SMARTS) is 1. The first-order chi connectivity index (χ1) is 17.6. The van der Waals surface area contributed by atoms with Crippen molar-refractivity contribution in [3.05, 3.63) is 46.8 Å². The van der Waals surface area contributed by atoms with Gasteiger partial charge in [-0.3, -0.25) is 14.7 Å². The van der Waals surface area contributed by atoms with Gasteiger partial charge in [-0.1, -0.05) is 26.3 Å². The molecule has 1 spiro atoms. The molecule has 3 aliphatic rings. The molecule has 5 rings (SSSR count). The van der Waals surface area contributed by atoms with E-state index >= 15 is 0 Å². The van der Waals surface area contributed by atoms with Crippen molar-refractivity contribution in [2.45, 2.75) is 78.7 Å². The lowest BCUT2D eigenvalue weighted by molar-refractivity contribution is -0.136. The largest absolute Gasteiger partial charge is 0.481 e. The van der Waals surface area contributed by atoms with Gasteiger partial charge in [0.25, 0.3) is 0 Å². The molecule has 0 bridgehead atoms. The number of benzene rings is 1. The van der Waals surface area contributed by atoms with Crippen LogP contribution >= 0.6 is 0 Å².